The van der Waals surface area contributed by atoms with Crippen molar-refractivity contribution in [2.24, 2.45) is 5.92 Å². The van der Waals surface area contributed by atoms with Crippen LogP contribution in [0.1, 0.15) is 55.8 Å². The first-order valence-corrected chi connectivity index (χ1v) is 13.5. The van der Waals surface area contributed by atoms with Crippen molar-refractivity contribution >= 4 is 40.2 Å². The largest absolute Gasteiger partial charge is 0.370 e. The van der Waals surface area contributed by atoms with Gasteiger partial charge in [-0.1, -0.05) is 25.8 Å². The lowest BCUT2D eigenvalue weighted by molar-refractivity contribution is 0.576. The van der Waals surface area contributed by atoms with E-state index in [1.807, 2.05) is 19.2 Å². The van der Waals surface area contributed by atoms with Crippen molar-refractivity contribution in [3.8, 4) is 0 Å². The van der Waals surface area contributed by atoms with Crippen LogP contribution in [0, 0.1) is 12.8 Å². The SMILES string of the molecule is C=C(/C(F)=c1/c(C(=C)Nc2cncc(N3CCCCC3)c2C)n[nH]/c1=C/C)c1cncc(NC(=C)C2CC2)c1. The Morgan fingerprint density at radius 2 is 1.79 bits per heavy atom. The van der Waals surface area contributed by atoms with Gasteiger partial charge in [-0.15, -0.1) is 0 Å². The molecule has 0 atom stereocenters. The highest BCUT2D eigenvalue weighted by atomic mass is 19.1. The van der Waals surface area contributed by atoms with Gasteiger partial charge in [0.1, 0.15) is 11.5 Å². The maximum Gasteiger partial charge on any atom is 0.142 e. The molecule has 39 heavy (non-hydrogen) atoms. The Kier molecular flexibility index (Phi) is 7.63. The maximum absolute atomic E-state index is 16.2. The number of nitrogens with zero attached hydrogens (tertiary/aromatic N) is 4. The quantitative estimate of drug-likeness (QED) is 0.342. The summed E-state index contributed by atoms with van der Waals surface area (Å²) in [6.07, 6.45) is 14.7. The number of aromatic amines is 1. The zero-order chi connectivity index (χ0) is 27.5. The molecule has 2 fully saturated rings. The Balaban J connectivity index is 1.44. The van der Waals surface area contributed by atoms with Crippen molar-refractivity contribution in [1.82, 2.24) is 20.2 Å². The summed E-state index contributed by atoms with van der Waals surface area (Å²) in [7, 11) is 0. The van der Waals surface area contributed by atoms with Crippen LogP contribution < -0.4 is 26.1 Å². The number of piperidine rings is 1. The summed E-state index contributed by atoms with van der Waals surface area (Å²) in [4.78, 5) is 11.1. The van der Waals surface area contributed by atoms with Crippen molar-refractivity contribution in [2.75, 3.05) is 28.6 Å². The van der Waals surface area contributed by atoms with E-state index in [2.05, 4.69) is 62.4 Å². The summed E-state index contributed by atoms with van der Waals surface area (Å²) in [5.74, 6) is 0.000809. The van der Waals surface area contributed by atoms with E-state index in [-0.39, 0.29) is 5.57 Å². The number of H-pyrrole nitrogens is 1. The monoisotopic (exact) mass is 525 g/mol. The van der Waals surface area contributed by atoms with Crippen LogP contribution in [0.4, 0.5) is 21.5 Å². The number of nitrogens with one attached hydrogen (secondary N) is 3. The van der Waals surface area contributed by atoms with Crippen molar-refractivity contribution in [1.29, 1.82) is 0 Å². The standard InChI is InChI=1S/C31H36FN7/c1-6-26-29(30(32)19(2)24-14-25(16-33-15-24)35-21(4)23-10-11-23)31(38-37-26)22(5)36-27-17-34-18-28(20(27)3)39-12-8-7-9-13-39/h6,14-18,23,35-37H,2,4-5,7-13H2,1,3H3/b26-6+,30-29-. The summed E-state index contributed by atoms with van der Waals surface area (Å²) in [5, 5.41) is 14.8. The lowest BCUT2D eigenvalue weighted by atomic mass is 10.1. The van der Waals surface area contributed by atoms with Crippen molar-refractivity contribution in [2.45, 2.75) is 46.0 Å². The minimum absolute atomic E-state index is 0.215. The molecule has 202 valence electrons. The highest BCUT2D eigenvalue weighted by Gasteiger charge is 2.25. The molecule has 1 aliphatic carbocycles. The van der Waals surface area contributed by atoms with Gasteiger partial charge in [-0.05, 0) is 63.5 Å². The molecule has 7 nitrogen and oxygen atoms in total. The molecule has 5 rings (SSSR count). The second kappa shape index (κ2) is 11.3. The first-order chi connectivity index (χ1) is 18.9. The molecule has 0 aromatic carbocycles. The van der Waals surface area contributed by atoms with E-state index in [9.17, 15) is 0 Å². The average molecular weight is 526 g/mol. The second-order valence-electron chi connectivity index (χ2n) is 10.3. The van der Waals surface area contributed by atoms with E-state index in [0.29, 0.717) is 33.4 Å². The summed E-state index contributed by atoms with van der Waals surface area (Å²) in [6, 6.07) is 1.84. The zero-order valence-electron chi connectivity index (χ0n) is 22.8. The molecule has 2 aliphatic rings. The van der Waals surface area contributed by atoms with Gasteiger partial charge < -0.3 is 15.5 Å². The van der Waals surface area contributed by atoms with Gasteiger partial charge >= 0.3 is 0 Å². The topological polar surface area (TPSA) is 81.8 Å². The van der Waals surface area contributed by atoms with Crippen LogP contribution in [-0.4, -0.2) is 33.3 Å². The fourth-order valence-corrected chi connectivity index (χ4v) is 4.99. The molecule has 0 unspecified atom stereocenters. The number of hydrogen-bond acceptors (Lipinski definition) is 6. The fourth-order valence-electron chi connectivity index (χ4n) is 4.99. The van der Waals surface area contributed by atoms with E-state index in [1.54, 1.807) is 24.7 Å². The third kappa shape index (κ3) is 5.65. The van der Waals surface area contributed by atoms with Gasteiger partial charge in [-0.25, -0.2) is 4.39 Å². The highest BCUT2D eigenvalue weighted by Crippen LogP contribution is 2.36. The van der Waals surface area contributed by atoms with Crippen LogP contribution >= 0.6 is 0 Å². The predicted molar refractivity (Wildman–Crippen MR) is 159 cm³/mol. The highest BCUT2D eigenvalue weighted by molar-refractivity contribution is 5.94. The van der Waals surface area contributed by atoms with Crippen LogP contribution in [0.25, 0.3) is 23.2 Å². The molecular formula is C31H36FN7. The van der Waals surface area contributed by atoms with E-state index in [0.717, 1.165) is 54.3 Å². The summed E-state index contributed by atoms with van der Waals surface area (Å²) in [5.41, 5.74) is 6.35. The second-order valence-corrected chi connectivity index (χ2v) is 10.3. The molecule has 3 N–H and O–H groups in total. The number of hydrogen-bond donors (Lipinski definition) is 3. The van der Waals surface area contributed by atoms with Crippen LogP contribution in [0.3, 0.4) is 0 Å². The van der Waals surface area contributed by atoms with Gasteiger partial charge in [0.25, 0.3) is 0 Å². The lowest BCUT2D eigenvalue weighted by Crippen LogP contribution is -2.30. The van der Waals surface area contributed by atoms with E-state index >= 15 is 4.39 Å². The molecule has 4 heterocycles. The minimum atomic E-state index is -0.494. The van der Waals surface area contributed by atoms with Crippen molar-refractivity contribution in [3.63, 3.8) is 0 Å². The molecule has 0 radical (unpaired) electrons. The normalized spacial score (nSPS) is 16.6. The van der Waals surface area contributed by atoms with Crippen LogP contribution in [-0.2, 0) is 0 Å². The minimum Gasteiger partial charge on any atom is -0.370 e. The zero-order valence-corrected chi connectivity index (χ0v) is 22.8. The number of halogens is 1. The van der Waals surface area contributed by atoms with Crippen molar-refractivity contribution < 1.29 is 4.39 Å². The van der Waals surface area contributed by atoms with Crippen LogP contribution in [0.15, 0.2) is 56.3 Å². The molecule has 1 saturated heterocycles. The van der Waals surface area contributed by atoms with E-state index in [4.69, 9.17) is 0 Å². The Morgan fingerprint density at radius 3 is 2.51 bits per heavy atom. The van der Waals surface area contributed by atoms with Gasteiger partial charge in [0.05, 0.1) is 51.9 Å². The number of allylic oxidation sites excluding steroid dienone is 2. The number of anilines is 3. The third-order valence-electron chi connectivity index (χ3n) is 7.49. The Morgan fingerprint density at radius 1 is 1.05 bits per heavy atom. The number of pyridine rings is 2. The van der Waals surface area contributed by atoms with Gasteiger partial charge in [-0.2, -0.15) is 5.10 Å². The first kappa shape index (κ1) is 26.4. The smallest absolute Gasteiger partial charge is 0.142 e. The molecule has 0 spiro atoms. The van der Waals surface area contributed by atoms with Gasteiger partial charge in [0, 0.05) is 36.1 Å². The molecule has 1 saturated carbocycles. The lowest BCUT2D eigenvalue weighted by Gasteiger charge is -2.30. The summed E-state index contributed by atoms with van der Waals surface area (Å²) in [6.45, 7) is 18.3. The Bertz CT molecular complexity index is 1540. The predicted octanol–water partition coefficient (Wildman–Crippen LogP) is 5.51. The first-order valence-electron chi connectivity index (χ1n) is 13.5. The third-order valence-corrected chi connectivity index (χ3v) is 7.49. The molecule has 1 aliphatic heterocycles. The number of aromatic nitrogens is 4. The molecule has 0 bridgehead atoms. The van der Waals surface area contributed by atoms with E-state index < -0.39 is 5.83 Å². The Hall–Kier alpha value is -4.20. The van der Waals surface area contributed by atoms with Gasteiger partial charge in [-0.3, -0.25) is 15.1 Å². The summed E-state index contributed by atoms with van der Waals surface area (Å²) >= 11 is 0. The van der Waals surface area contributed by atoms with E-state index in [1.165, 1.54) is 19.3 Å². The van der Waals surface area contributed by atoms with Crippen molar-refractivity contribution in [3.05, 3.63) is 83.7 Å². The van der Waals surface area contributed by atoms with Gasteiger partial charge in [0.2, 0.25) is 0 Å². The molecule has 3 aromatic heterocycles. The molecule has 0 amide bonds. The Labute approximate surface area is 229 Å². The van der Waals surface area contributed by atoms with Crippen LogP contribution in [0.5, 0.6) is 0 Å². The van der Waals surface area contributed by atoms with Crippen LogP contribution in [0.2, 0.25) is 0 Å². The summed E-state index contributed by atoms with van der Waals surface area (Å²) < 4.78 is 16.2. The molecular weight excluding hydrogens is 489 g/mol. The average Bonchev–Trinajstić information content (AvgIpc) is 3.72. The maximum atomic E-state index is 16.2. The number of rotatable bonds is 9. The molecule has 3 aromatic rings. The van der Waals surface area contributed by atoms with Gasteiger partial charge in [0.15, 0.2) is 0 Å². The fraction of sp³-hybridized carbons (Fsp3) is 0.323. The molecule has 8 heteroatoms.